The molecule has 0 spiro atoms. The number of hydrogen-bond donors (Lipinski definition) is 0. The topological polar surface area (TPSA) is 9.23 Å². The van der Waals surface area contributed by atoms with Crippen LogP contribution in [0.2, 0.25) is 0 Å². The summed E-state index contributed by atoms with van der Waals surface area (Å²) in [5.41, 5.74) is 0.0705. The van der Waals surface area contributed by atoms with Crippen molar-refractivity contribution in [3.05, 3.63) is 28.8 Å². The lowest BCUT2D eigenvalue weighted by Gasteiger charge is -2.13. The molecule has 0 fully saturated rings. The Morgan fingerprint density at radius 3 is 2.07 bits per heavy atom. The van der Waals surface area contributed by atoms with E-state index >= 15 is 0 Å². The first-order valence-electron chi connectivity index (χ1n) is 4.08. The monoisotopic (exact) mass is 204 g/mol. The van der Waals surface area contributed by atoms with Gasteiger partial charge >= 0.3 is 6.18 Å². The Labute approximate surface area is 80.5 Å². The molecule has 0 heterocycles. The molecule has 1 rings (SSSR count). The average molecular weight is 204 g/mol. The van der Waals surface area contributed by atoms with Gasteiger partial charge in [0.25, 0.3) is 0 Å². The third-order valence-corrected chi connectivity index (χ3v) is 2.05. The van der Waals surface area contributed by atoms with E-state index in [-0.39, 0.29) is 5.56 Å². The number of benzene rings is 1. The van der Waals surface area contributed by atoms with Crippen LogP contribution in [0, 0.1) is 13.8 Å². The number of aryl methyl sites for hydroxylation is 2. The molecule has 0 radical (unpaired) electrons. The van der Waals surface area contributed by atoms with Gasteiger partial charge in [0, 0.05) is 0 Å². The highest BCUT2D eigenvalue weighted by atomic mass is 19.4. The molecule has 0 aliphatic carbocycles. The molecular weight excluding hydrogens is 193 g/mol. The number of alkyl halides is 3. The van der Waals surface area contributed by atoms with Gasteiger partial charge in [0.1, 0.15) is 5.75 Å². The van der Waals surface area contributed by atoms with Crippen molar-refractivity contribution >= 4 is 0 Å². The maximum atomic E-state index is 12.4. The van der Waals surface area contributed by atoms with Crippen LogP contribution >= 0.6 is 0 Å². The van der Waals surface area contributed by atoms with Crippen LogP contribution in [0.4, 0.5) is 13.2 Å². The predicted molar refractivity (Wildman–Crippen MR) is 47.5 cm³/mol. The first-order valence-corrected chi connectivity index (χ1v) is 4.08. The second kappa shape index (κ2) is 3.52. The lowest BCUT2D eigenvalue weighted by molar-refractivity contribution is -0.138. The molecule has 14 heavy (non-hydrogen) atoms. The van der Waals surface area contributed by atoms with Crippen molar-refractivity contribution in [1.29, 1.82) is 0 Å². The SMILES string of the molecule is COc1cc(C)c(C(F)(F)F)cc1C. The second-order valence-corrected chi connectivity index (χ2v) is 3.13. The molecule has 0 atom stereocenters. The summed E-state index contributed by atoms with van der Waals surface area (Å²) < 4.78 is 42.2. The third kappa shape index (κ3) is 2.00. The lowest BCUT2D eigenvalue weighted by atomic mass is 10.0. The third-order valence-electron chi connectivity index (χ3n) is 2.05. The van der Waals surface area contributed by atoms with Crippen LogP contribution in [0.15, 0.2) is 12.1 Å². The summed E-state index contributed by atoms with van der Waals surface area (Å²) in [6, 6.07) is 2.51. The van der Waals surface area contributed by atoms with Gasteiger partial charge in [0.2, 0.25) is 0 Å². The Balaban J connectivity index is 3.29. The molecule has 1 nitrogen and oxygen atoms in total. The maximum absolute atomic E-state index is 12.4. The Morgan fingerprint density at radius 1 is 1.07 bits per heavy atom. The fourth-order valence-electron chi connectivity index (χ4n) is 1.32. The summed E-state index contributed by atoms with van der Waals surface area (Å²) in [4.78, 5) is 0. The van der Waals surface area contributed by atoms with Gasteiger partial charge in [0.15, 0.2) is 0 Å². The molecule has 4 heteroatoms. The minimum Gasteiger partial charge on any atom is -0.496 e. The van der Waals surface area contributed by atoms with Crippen molar-refractivity contribution in [2.24, 2.45) is 0 Å². The maximum Gasteiger partial charge on any atom is 0.416 e. The minimum atomic E-state index is -4.29. The van der Waals surface area contributed by atoms with Crippen molar-refractivity contribution < 1.29 is 17.9 Å². The molecule has 0 aliphatic heterocycles. The van der Waals surface area contributed by atoms with Gasteiger partial charge in [-0.2, -0.15) is 13.2 Å². The van der Waals surface area contributed by atoms with E-state index in [1.165, 1.54) is 20.1 Å². The van der Waals surface area contributed by atoms with Gasteiger partial charge in [0.05, 0.1) is 12.7 Å². The van der Waals surface area contributed by atoms with Crippen LogP contribution in [-0.4, -0.2) is 7.11 Å². The molecular formula is C10H11F3O. The first kappa shape index (κ1) is 10.9. The fourth-order valence-corrected chi connectivity index (χ4v) is 1.32. The molecule has 1 aromatic rings. The van der Waals surface area contributed by atoms with Gasteiger partial charge < -0.3 is 4.74 Å². The molecule has 78 valence electrons. The van der Waals surface area contributed by atoms with Crippen LogP contribution in [-0.2, 0) is 6.18 Å². The summed E-state index contributed by atoms with van der Waals surface area (Å²) in [5, 5.41) is 0. The van der Waals surface area contributed by atoms with E-state index in [4.69, 9.17) is 4.74 Å². The van der Waals surface area contributed by atoms with E-state index in [1.54, 1.807) is 6.92 Å². The van der Waals surface area contributed by atoms with Crippen molar-refractivity contribution in [3.63, 3.8) is 0 Å². The standard InChI is InChI=1S/C10H11F3O/c1-6-5-9(14-3)7(2)4-8(6)10(11,12)13/h4-5H,1-3H3. The molecule has 1 aromatic carbocycles. The Bertz CT molecular complexity index is 342. The van der Waals surface area contributed by atoms with E-state index in [0.717, 1.165) is 6.07 Å². The zero-order chi connectivity index (χ0) is 10.9. The molecule has 0 saturated carbocycles. The highest BCUT2D eigenvalue weighted by Gasteiger charge is 2.32. The number of ether oxygens (including phenoxy) is 1. The quantitative estimate of drug-likeness (QED) is 0.681. The fraction of sp³-hybridized carbons (Fsp3) is 0.400. The van der Waals surface area contributed by atoms with Crippen LogP contribution in [0.1, 0.15) is 16.7 Å². The summed E-state index contributed by atoms with van der Waals surface area (Å²) in [7, 11) is 1.44. The highest BCUT2D eigenvalue weighted by molar-refractivity contribution is 5.42. The van der Waals surface area contributed by atoms with E-state index in [0.29, 0.717) is 11.3 Å². The summed E-state index contributed by atoms with van der Waals surface area (Å²) >= 11 is 0. The first-order chi connectivity index (χ1) is 6.36. The van der Waals surface area contributed by atoms with E-state index in [2.05, 4.69) is 0 Å². The van der Waals surface area contributed by atoms with E-state index < -0.39 is 11.7 Å². The van der Waals surface area contributed by atoms with E-state index in [9.17, 15) is 13.2 Å². The lowest BCUT2D eigenvalue weighted by Crippen LogP contribution is -2.08. The Kier molecular flexibility index (Phi) is 2.73. The minimum absolute atomic E-state index is 0.181. The number of methoxy groups -OCH3 is 1. The van der Waals surface area contributed by atoms with Gasteiger partial charge in [-0.1, -0.05) is 0 Å². The predicted octanol–water partition coefficient (Wildman–Crippen LogP) is 3.33. The van der Waals surface area contributed by atoms with Crippen LogP contribution in [0.5, 0.6) is 5.75 Å². The van der Waals surface area contributed by atoms with Crippen molar-refractivity contribution in [2.45, 2.75) is 20.0 Å². The second-order valence-electron chi connectivity index (χ2n) is 3.13. The average Bonchev–Trinajstić information content (AvgIpc) is 2.06. The smallest absolute Gasteiger partial charge is 0.416 e. The zero-order valence-corrected chi connectivity index (χ0v) is 8.20. The van der Waals surface area contributed by atoms with Gasteiger partial charge in [-0.15, -0.1) is 0 Å². The van der Waals surface area contributed by atoms with Crippen LogP contribution < -0.4 is 4.74 Å². The number of hydrogen-bond acceptors (Lipinski definition) is 1. The van der Waals surface area contributed by atoms with Crippen molar-refractivity contribution in [3.8, 4) is 5.75 Å². The molecule has 0 N–H and O–H groups in total. The normalized spacial score (nSPS) is 11.6. The summed E-state index contributed by atoms with van der Waals surface area (Å²) in [6.07, 6.45) is -4.29. The molecule has 0 bridgehead atoms. The molecule has 0 saturated heterocycles. The van der Waals surface area contributed by atoms with Crippen molar-refractivity contribution in [2.75, 3.05) is 7.11 Å². The Morgan fingerprint density at radius 2 is 1.64 bits per heavy atom. The van der Waals surface area contributed by atoms with Gasteiger partial charge in [-0.3, -0.25) is 0 Å². The van der Waals surface area contributed by atoms with E-state index in [1.807, 2.05) is 0 Å². The molecule has 0 aromatic heterocycles. The summed E-state index contributed by atoms with van der Waals surface area (Å²) in [5.74, 6) is 0.482. The van der Waals surface area contributed by atoms with Gasteiger partial charge in [-0.25, -0.2) is 0 Å². The summed E-state index contributed by atoms with van der Waals surface area (Å²) in [6.45, 7) is 3.01. The molecule has 0 unspecified atom stereocenters. The molecule has 0 amide bonds. The van der Waals surface area contributed by atoms with Crippen LogP contribution in [0.25, 0.3) is 0 Å². The highest BCUT2D eigenvalue weighted by Crippen LogP contribution is 2.34. The zero-order valence-electron chi connectivity index (χ0n) is 8.20. The Hall–Kier alpha value is -1.19. The number of rotatable bonds is 1. The largest absolute Gasteiger partial charge is 0.496 e. The molecule has 0 aliphatic rings. The number of halogens is 3. The van der Waals surface area contributed by atoms with Crippen LogP contribution in [0.3, 0.4) is 0 Å². The van der Waals surface area contributed by atoms with Gasteiger partial charge in [-0.05, 0) is 37.1 Å². The van der Waals surface area contributed by atoms with Crippen molar-refractivity contribution in [1.82, 2.24) is 0 Å².